The van der Waals surface area contributed by atoms with E-state index in [1.807, 2.05) is 19.0 Å². The lowest BCUT2D eigenvalue weighted by molar-refractivity contribution is 0.492. The van der Waals surface area contributed by atoms with E-state index in [0.29, 0.717) is 0 Å². The number of terminal acetylenes is 1. The van der Waals surface area contributed by atoms with Gasteiger partial charge < -0.3 is 4.90 Å². The van der Waals surface area contributed by atoms with Crippen molar-refractivity contribution in [3.63, 3.8) is 0 Å². The number of nitrogens with zero attached hydrogens (tertiary/aromatic N) is 1. The Hall–Kier alpha value is -0.900. The molecule has 50 valence electrons. The minimum atomic E-state index is 0.789. The largest absolute Gasteiger partial charge is 0.381 e. The lowest BCUT2D eigenvalue weighted by Crippen LogP contribution is -2.09. The van der Waals surface area contributed by atoms with Gasteiger partial charge >= 0.3 is 0 Å². The zero-order valence-corrected chi connectivity index (χ0v) is 6.15. The van der Waals surface area contributed by atoms with E-state index < -0.39 is 0 Å². The van der Waals surface area contributed by atoms with Crippen LogP contribution in [0.3, 0.4) is 0 Å². The van der Waals surface area contributed by atoms with Gasteiger partial charge in [0.15, 0.2) is 0 Å². The summed E-state index contributed by atoms with van der Waals surface area (Å²) in [5.41, 5.74) is 1.09. The van der Waals surface area contributed by atoms with Gasteiger partial charge in [-0.1, -0.05) is 6.58 Å². The van der Waals surface area contributed by atoms with Crippen LogP contribution in [-0.4, -0.2) is 19.0 Å². The summed E-state index contributed by atoms with van der Waals surface area (Å²) in [4.78, 5) is 1.98. The molecule has 0 aliphatic carbocycles. The maximum absolute atomic E-state index is 5.07. The highest BCUT2D eigenvalue weighted by molar-refractivity contribution is 4.96. The van der Waals surface area contributed by atoms with Gasteiger partial charge in [0.25, 0.3) is 0 Å². The van der Waals surface area contributed by atoms with Gasteiger partial charge in [-0.2, -0.15) is 0 Å². The molecule has 0 saturated carbocycles. The molecule has 9 heavy (non-hydrogen) atoms. The average molecular weight is 123 g/mol. The van der Waals surface area contributed by atoms with Gasteiger partial charge in [0.05, 0.1) is 0 Å². The molecule has 0 aromatic rings. The zero-order chi connectivity index (χ0) is 7.28. The van der Waals surface area contributed by atoms with Crippen LogP contribution in [0.4, 0.5) is 0 Å². The predicted molar refractivity (Wildman–Crippen MR) is 40.9 cm³/mol. The molecule has 0 amide bonds. The van der Waals surface area contributed by atoms with Gasteiger partial charge in [-0.15, -0.1) is 12.3 Å². The third-order valence-corrected chi connectivity index (χ3v) is 1.19. The lowest BCUT2D eigenvalue weighted by atomic mass is 10.2. The summed E-state index contributed by atoms with van der Waals surface area (Å²) in [6, 6.07) is 0. The Morgan fingerprint density at radius 1 is 1.67 bits per heavy atom. The summed E-state index contributed by atoms with van der Waals surface area (Å²) in [5, 5.41) is 0. The molecule has 0 rings (SSSR count). The van der Waals surface area contributed by atoms with E-state index in [0.717, 1.165) is 18.5 Å². The first kappa shape index (κ1) is 8.10. The molecule has 0 aliphatic heterocycles. The molecule has 0 radical (unpaired) electrons. The van der Waals surface area contributed by atoms with E-state index in [9.17, 15) is 0 Å². The van der Waals surface area contributed by atoms with Crippen LogP contribution in [0.1, 0.15) is 12.8 Å². The van der Waals surface area contributed by atoms with Crippen molar-refractivity contribution in [3.8, 4) is 12.3 Å². The maximum atomic E-state index is 5.07. The predicted octanol–water partition coefficient (Wildman–Crippen LogP) is 1.48. The zero-order valence-electron chi connectivity index (χ0n) is 6.15. The monoisotopic (exact) mass is 123 g/mol. The molecule has 0 fully saturated rings. The van der Waals surface area contributed by atoms with Gasteiger partial charge in [-0.05, 0) is 6.42 Å². The minimum absolute atomic E-state index is 0.789. The maximum Gasteiger partial charge on any atom is 0.0140 e. The fourth-order valence-corrected chi connectivity index (χ4v) is 0.440. The van der Waals surface area contributed by atoms with E-state index in [2.05, 4.69) is 12.5 Å². The van der Waals surface area contributed by atoms with Crippen LogP contribution >= 0.6 is 0 Å². The first-order valence-corrected chi connectivity index (χ1v) is 2.97. The first-order valence-electron chi connectivity index (χ1n) is 2.97. The van der Waals surface area contributed by atoms with E-state index in [4.69, 9.17) is 6.42 Å². The number of allylic oxidation sites excluding steroid dienone is 1. The molecule has 0 heterocycles. The van der Waals surface area contributed by atoms with Gasteiger partial charge in [0.1, 0.15) is 0 Å². The second-order valence-electron chi connectivity index (χ2n) is 2.16. The number of hydrogen-bond donors (Lipinski definition) is 0. The summed E-state index contributed by atoms with van der Waals surface area (Å²) in [6.07, 6.45) is 6.76. The summed E-state index contributed by atoms with van der Waals surface area (Å²) in [6.45, 7) is 3.82. The van der Waals surface area contributed by atoms with Crippen molar-refractivity contribution in [2.45, 2.75) is 12.8 Å². The van der Waals surface area contributed by atoms with Crippen LogP contribution in [0.2, 0.25) is 0 Å². The van der Waals surface area contributed by atoms with Crippen molar-refractivity contribution in [2.75, 3.05) is 14.1 Å². The fraction of sp³-hybridized carbons (Fsp3) is 0.500. The van der Waals surface area contributed by atoms with E-state index >= 15 is 0 Å². The normalized spacial score (nSPS) is 8.11. The molecule has 1 heteroatoms. The Kier molecular flexibility index (Phi) is 3.62. The molecule has 0 bridgehead atoms. The topological polar surface area (TPSA) is 3.24 Å². The highest BCUT2D eigenvalue weighted by atomic mass is 15.1. The number of hydrogen-bond acceptors (Lipinski definition) is 1. The Bertz CT molecular complexity index is 128. The lowest BCUT2D eigenvalue weighted by Gasteiger charge is -2.13. The molecule has 0 saturated heterocycles. The van der Waals surface area contributed by atoms with E-state index in [-0.39, 0.29) is 0 Å². The Morgan fingerprint density at radius 3 is 2.56 bits per heavy atom. The second-order valence-corrected chi connectivity index (χ2v) is 2.16. The Balaban J connectivity index is 3.42. The molecule has 0 spiro atoms. The summed E-state index contributed by atoms with van der Waals surface area (Å²) < 4.78 is 0. The van der Waals surface area contributed by atoms with Crippen LogP contribution in [-0.2, 0) is 0 Å². The third kappa shape index (κ3) is 3.66. The van der Waals surface area contributed by atoms with Gasteiger partial charge in [0.2, 0.25) is 0 Å². The Morgan fingerprint density at radius 2 is 2.22 bits per heavy atom. The number of rotatable bonds is 3. The molecular formula is C8H13N. The fourth-order valence-electron chi connectivity index (χ4n) is 0.440. The average Bonchev–Trinajstić information content (AvgIpc) is 1.82. The van der Waals surface area contributed by atoms with E-state index in [1.165, 1.54) is 0 Å². The van der Waals surface area contributed by atoms with Crippen molar-refractivity contribution in [3.05, 3.63) is 12.3 Å². The Labute approximate surface area is 57.4 Å². The molecular weight excluding hydrogens is 110 g/mol. The third-order valence-electron chi connectivity index (χ3n) is 1.19. The standard InChI is InChI=1S/C8H13N/c1-5-6-7-8(2)9(3)4/h1H,2,6-7H2,3-4H3. The van der Waals surface area contributed by atoms with Gasteiger partial charge in [0, 0.05) is 26.2 Å². The quantitative estimate of drug-likeness (QED) is 0.514. The van der Waals surface area contributed by atoms with Crippen LogP contribution < -0.4 is 0 Å². The van der Waals surface area contributed by atoms with Gasteiger partial charge in [-0.3, -0.25) is 0 Å². The summed E-state index contributed by atoms with van der Waals surface area (Å²) >= 11 is 0. The molecule has 0 N–H and O–H groups in total. The van der Waals surface area contributed by atoms with Crippen LogP contribution in [0, 0.1) is 12.3 Å². The first-order chi connectivity index (χ1) is 4.18. The SMILES string of the molecule is C#CCCC(=C)N(C)C. The van der Waals surface area contributed by atoms with Crippen LogP contribution in [0.15, 0.2) is 12.3 Å². The van der Waals surface area contributed by atoms with Crippen molar-refractivity contribution < 1.29 is 0 Å². The molecule has 1 nitrogen and oxygen atoms in total. The minimum Gasteiger partial charge on any atom is -0.381 e. The molecule has 0 unspecified atom stereocenters. The highest BCUT2D eigenvalue weighted by Gasteiger charge is 1.92. The molecule has 0 atom stereocenters. The van der Waals surface area contributed by atoms with Crippen LogP contribution in [0.5, 0.6) is 0 Å². The molecule has 0 aliphatic rings. The second kappa shape index (κ2) is 4.03. The van der Waals surface area contributed by atoms with Crippen LogP contribution in [0.25, 0.3) is 0 Å². The highest BCUT2D eigenvalue weighted by Crippen LogP contribution is 2.02. The van der Waals surface area contributed by atoms with Crippen molar-refractivity contribution in [1.29, 1.82) is 0 Å². The molecule has 0 aromatic carbocycles. The smallest absolute Gasteiger partial charge is 0.0140 e. The summed E-state index contributed by atoms with van der Waals surface area (Å²) in [5.74, 6) is 2.57. The van der Waals surface area contributed by atoms with Crippen molar-refractivity contribution in [2.24, 2.45) is 0 Å². The van der Waals surface area contributed by atoms with Gasteiger partial charge in [-0.25, -0.2) is 0 Å². The van der Waals surface area contributed by atoms with E-state index in [1.54, 1.807) is 0 Å². The molecule has 0 aromatic heterocycles. The summed E-state index contributed by atoms with van der Waals surface area (Å²) in [7, 11) is 3.94. The van der Waals surface area contributed by atoms with Crippen molar-refractivity contribution in [1.82, 2.24) is 4.90 Å². The van der Waals surface area contributed by atoms with Crippen molar-refractivity contribution >= 4 is 0 Å².